The van der Waals surface area contributed by atoms with Gasteiger partial charge >= 0.3 is 0 Å². The molecule has 1 aromatic carbocycles. The molecule has 1 atom stereocenters. The molecule has 2 saturated heterocycles. The number of amides is 1. The summed E-state index contributed by atoms with van der Waals surface area (Å²) in [4.78, 5) is 14.7. The van der Waals surface area contributed by atoms with Crippen LogP contribution in [-0.4, -0.2) is 62.8 Å². The van der Waals surface area contributed by atoms with E-state index in [0.717, 1.165) is 44.3 Å². The predicted molar refractivity (Wildman–Crippen MR) is 101 cm³/mol. The summed E-state index contributed by atoms with van der Waals surface area (Å²) in [6, 6.07) is 7.41. The molecule has 3 rings (SSSR count). The highest BCUT2D eigenvalue weighted by molar-refractivity contribution is 7.89. The molecule has 26 heavy (non-hydrogen) atoms. The molecule has 1 amide bonds. The van der Waals surface area contributed by atoms with Gasteiger partial charge in [-0.05, 0) is 56.8 Å². The van der Waals surface area contributed by atoms with Crippen molar-refractivity contribution in [1.82, 2.24) is 14.5 Å². The second-order valence-electron chi connectivity index (χ2n) is 7.22. The minimum Gasteiger partial charge on any atom is -0.341 e. The van der Waals surface area contributed by atoms with E-state index < -0.39 is 10.0 Å². The van der Waals surface area contributed by atoms with Gasteiger partial charge in [0, 0.05) is 38.6 Å². The van der Waals surface area contributed by atoms with Crippen LogP contribution in [0.1, 0.15) is 37.7 Å². The molecule has 0 aliphatic carbocycles. The van der Waals surface area contributed by atoms with Crippen molar-refractivity contribution < 1.29 is 13.2 Å². The summed E-state index contributed by atoms with van der Waals surface area (Å²) in [6.07, 6.45) is 5.14. The van der Waals surface area contributed by atoms with Gasteiger partial charge < -0.3 is 10.2 Å². The first-order valence-corrected chi connectivity index (χ1v) is 11.0. The Bertz CT molecular complexity index is 712. The van der Waals surface area contributed by atoms with E-state index in [1.54, 1.807) is 16.4 Å². The topological polar surface area (TPSA) is 69.7 Å². The van der Waals surface area contributed by atoms with Crippen molar-refractivity contribution >= 4 is 15.9 Å². The molecule has 0 radical (unpaired) electrons. The van der Waals surface area contributed by atoms with Crippen molar-refractivity contribution in [1.29, 1.82) is 0 Å². The lowest BCUT2D eigenvalue weighted by Gasteiger charge is -2.32. The fourth-order valence-corrected chi connectivity index (χ4v) is 5.27. The monoisotopic (exact) mass is 379 g/mol. The van der Waals surface area contributed by atoms with Gasteiger partial charge in [-0.2, -0.15) is 4.31 Å². The molecule has 6 nitrogen and oxygen atoms in total. The summed E-state index contributed by atoms with van der Waals surface area (Å²) in [5, 5.41) is 3.25. The molecular formula is C19H29N3O3S. The Kier molecular flexibility index (Phi) is 6.32. The largest absolute Gasteiger partial charge is 0.341 e. The molecule has 2 aliphatic heterocycles. The van der Waals surface area contributed by atoms with E-state index in [9.17, 15) is 13.2 Å². The number of likely N-dealkylation sites (tertiary alicyclic amines) is 1. The van der Waals surface area contributed by atoms with Crippen LogP contribution in [0.4, 0.5) is 0 Å². The first-order chi connectivity index (χ1) is 12.5. The second kappa shape index (κ2) is 8.50. The average molecular weight is 380 g/mol. The van der Waals surface area contributed by atoms with E-state index in [0.29, 0.717) is 36.9 Å². The third kappa shape index (κ3) is 4.45. The summed E-state index contributed by atoms with van der Waals surface area (Å²) >= 11 is 0. The van der Waals surface area contributed by atoms with E-state index in [-0.39, 0.29) is 5.91 Å². The predicted octanol–water partition coefficient (Wildman–Crippen LogP) is 1.61. The third-order valence-electron chi connectivity index (χ3n) is 5.44. The first-order valence-electron chi connectivity index (χ1n) is 9.55. The van der Waals surface area contributed by atoms with Gasteiger partial charge in [0.05, 0.1) is 4.90 Å². The van der Waals surface area contributed by atoms with Crippen molar-refractivity contribution in [2.75, 3.05) is 33.2 Å². The number of carbonyl (C=O) groups excluding carboxylic acids is 1. The Labute approximate surface area is 156 Å². The molecule has 0 aromatic heterocycles. The molecule has 2 aliphatic rings. The highest BCUT2D eigenvalue weighted by Crippen LogP contribution is 2.21. The summed E-state index contributed by atoms with van der Waals surface area (Å²) in [7, 11) is -1.42. The Morgan fingerprint density at radius 1 is 1.12 bits per heavy atom. The van der Waals surface area contributed by atoms with E-state index in [2.05, 4.69) is 5.32 Å². The third-order valence-corrected chi connectivity index (χ3v) is 7.35. The van der Waals surface area contributed by atoms with Gasteiger partial charge in [-0.3, -0.25) is 4.79 Å². The smallest absolute Gasteiger partial charge is 0.243 e. The number of hydrogen-bond acceptors (Lipinski definition) is 4. The zero-order valence-corrected chi connectivity index (χ0v) is 16.3. The molecule has 0 saturated carbocycles. The molecule has 0 spiro atoms. The van der Waals surface area contributed by atoms with Crippen LogP contribution < -0.4 is 5.32 Å². The zero-order valence-electron chi connectivity index (χ0n) is 15.5. The maximum Gasteiger partial charge on any atom is 0.243 e. The molecule has 1 aromatic rings. The van der Waals surface area contributed by atoms with Crippen molar-refractivity contribution in [3.63, 3.8) is 0 Å². The number of aryl methyl sites for hydroxylation is 1. The standard InChI is InChI=1S/C19H29N3O3S/c1-20-17-5-4-12-21(15-17)19(23)11-8-16-6-9-18(10-7-16)26(24,25)22-13-2-3-14-22/h6-7,9-10,17,20H,2-5,8,11-15H2,1H3. The van der Waals surface area contributed by atoms with Crippen LogP contribution in [0, 0.1) is 0 Å². The van der Waals surface area contributed by atoms with Gasteiger partial charge in [0.2, 0.25) is 15.9 Å². The summed E-state index contributed by atoms with van der Waals surface area (Å²) in [5.41, 5.74) is 1.00. The molecule has 144 valence electrons. The van der Waals surface area contributed by atoms with Gasteiger partial charge in [-0.15, -0.1) is 0 Å². The molecular weight excluding hydrogens is 350 g/mol. The Morgan fingerprint density at radius 2 is 1.81 bits per heavy atom. The lowest BCUT2D eigenvalue weighted by Crippen LogP contribution is -2.47. The lowest BCUT2D eigenvalue weighted by molar-refractivity contribution is -0.132. The SMILES string of the molecule is CNC1CCCN(C(=O)CCc2ccc(S(=O)(=O)N3CCCC3)cc2)C1. The number of nitrogens with one attached hydrogen (secondary N) is 1. The number of rotatable bonds is 6. The molecule has 1 unspecified atom stereocenters. The lowest BCUT2D eigenvalue weighted by atomic mass is 10.0. The maximum atomic E-state index is 12.5. The van der Waals surface area contributed by atoms with Crippen LogP contribution in [0.5, 0.6) is 0 Å². The van der Waals surface area contributed by atoms with Crippen molar-refractivity contribution in [2.45, 2.75) is 49.5 Å². The Hall–Kier alpha value is -1.44. The molecule has 2 heterocycles. The van der Waals surface area contributed by atoms with Gasteiger partial charge in [0.25, 0.3) is 0 Å². The van der Waals surface area contributed by atoms with Crippen LogP contribution in [0.25, 0.3) is 0 Å². The minimum absolute atomic E-state index is 0.179. The number of benzene rings is 1. The summed E-state index contributed by atoms with van der Waals surface area (Å²) < 4.78 is 26.6. The van der Waals surface area contributed by atoms with Gasteiger partial charge in [0.15, 0.2) is 0 Å². The van der Waals surface area contributed by atoms with Gasteiger partial charge in [-0.25, -0.2) is 8.42 Å². The van der Waals surface area contributed by atoms with Crippen LogP contribution in [0.3, 0.4) is 0 Å². The molecule has 1 N–H and O–H groups in total. The van der Waals surface area contributed by atoms with Gasteiger partial charge in [0.1, 0.15) is 0 Å². The molecule has 2 fully saturated rings. The number of hydrogen-bond donors (Lipinski definition) is 1. The fraction of sp³-hybridized carbons (Fsp3) is 0.632. The zero-order chi connectivity index (χ0) is 18.6. The maximum absolute atomic E-state index is 12.5. The van der Waals surface area contributed by atoms with Crippen LogP contribution in [-0.2, 0) is 21.2 Å². The number of nitrogens with zero attached hydrogens (tertiary/aromatic N) is 2. The van der Waals surface area contributed by atoms with Crippen molar-refractivity contribution in [2.24, 2.45) is 0 Å². The molecule has 7 heteroatoms. The van der Waals surface area contributed by atoms with Gasteiger partial charge in [-0.1, -0.05) is 12.1 Å². The number of carbonyl (C=O) groups is 1. The first kappa shape index (κ1) is 19.3. The van der Waals surface area contributed by atoms with Crippen LogP contribution in [0.2, 0.25) is 0 Å². The van der Waals surface area contributed by atoms with Crippen LogP contribution in [0.15, 0.2) is 29.2 Å². The number of likely N-dealkylation sites (N-methyl/N-ethyl adjacent to an activating group) is 1. The summed E-state index contributed by atoms with van der Waals surface area (Å²) in [6.45, 7) is 2.84. The number of sulfonamides is 1. The minimum atomic E-state index is -3.36. The highest BCUT2D eigenvalue weighted by Gasteiger charge is 2.27. The Morgan fingerprint density at radius 3 is 2.46 bits per heavy atom. The van der Waals surface area contributed by atoms with E-state index in [4.69, 9.17) is 0 Å². The van der Waals surface area contributed by atoms with E-state index in [1.165, 1.54) is 0 Å². The van der Waals surface area contributed by atoms with Crippen molar-refractivity contribution in [3.05, 3.63) is 29.8 Å². The van der Waals surface area contributed by atoms with E-state index >= 15 is 0 Å². The quantitative estimate of drug-likeness (QED) is 0.815. The van der Waals surface area contributed by atoms with E-state index in [1.807, 2.05) is 24.1 Å². The second-order valence-corrected chi connectivity index (χ2v) is 9.16. The highest BCUT2D eigenvalue weighted by atomic mass is 32.2. The molecule has 0 bridgehead atoms. The van der Waals surface area contributed by atoms with Crippen molar-refractivity contribution in [3.8, 4) is 0 Å². The normalized spacial score (nSPS) is 21.9. The average Bonchev–Trinajstić information content (AvgIpc) is 3.22. The number of piperidine rings is 1. The summed E-state index contributed by atoms with van der Waals surface area (Å²) in [5.74, 6) is 0.179. The van der Waals surface area contributed by atoms with Crippen LogP contribution >= 0.6 is 0 Å². The Balaban J connectivity index is 1.55. The fourth-order valence-electron chi connectivity index (χ4n) is 3.75.